The van der Waals surface area contributed by atoms with Gasteiger partial charge in [-0.05, 0) is 19.5 Å². The van der Waals surface area contributed by atoms with Crippen molar-refractivity contribution in [2.45, 2.75) is 32.5 Å². The molecule has 0 radical (unpaired) electrons. The average molecular weight is 327 g/mol. The summed E-state index contributed by atoms with van der Waals surface area (Å²) in [6.07, 6.45) is 0.894. The molecular formula is C18H25N5O. The SMILES string of the molecule is CC(CN(C)Cc1ccccc1)NC(=O)c1n[nH]c2c1CNCC2. The molecular weight excluding hydrogens is 302 g/mol. The summed E-state index contributed by atoms with van der Waals surface area (Å²) in [5.41, 5.74) is 3.87. The van der Waals surface area contributed by atoms with E-state index in [-0.39, 0.29) is 11.9 Å². The number of amides is 1. The quantitative estimate of drug-likeness (QED) is 0.748. The summed E-state index contributed by atoms with van der Waals surface area (Å²) in [5, 5.41) is 13.5. The zero-order valence-electron chi connectivity index (χ0n) is 14.3. The van der Waals surface area contributed by atoms with Crippen molar-refractivity contribution in [1.82, 2.24) is 25.7 Å². The van der Waals surface area contributed by atoms with Crippen molar-refractivity contribution in [2.24, 2.45) is 0 Å². The van der Waals surface area contributed by atoms with Gasteiger partial charge in [0.25, 0.3) is 5.91 Å². The molecule has 0 spiro atoms. The fraction of sp³-hybridized carbons (Fsp3) is 0.444. The minimum atomic E-state index is -0.100. The highest BCUT2D eigenvalue weighted by Crippen LogP contribution is 2.15. The minimum Gasteiger partial charge on any atom is -0.347 e. The lowest BCUT2D eigenvalue weighted by molar-refractivity contribution is 0.0925. The summed E-state index contributed by atoms with van der Waals surface area (Å²) >= 11 is 0. The Balaban J connectivity index is 1.53. The fourth-order valence-corrected chi connectivity index (χ4v) is 3.18. The number of hydrogen-bond acceptors (Lipinski definition) is 4. The van der Waals surface area contributed by atoms with Gasteiger partial charge < -0.3 is 15.5 Å². The summed E-state index contributed by atoms with van der Waals surface area (Å²) in [6.45, 7) is 5.30. The van der Waals surface area contributed by atoms with E-state index in [2.05, 4.69) is 44.9 Å². The second-order valence-electron chi connectivity index (χ2n) is 6.51. The maximum atomic E-state index is 12.5. The summed E-state index contributed by atoms with van der Waals surface area (Å²) in [7, 11) is 2.07. The molecule has 128 valence electrons. The van der Waals surface area contributed by atoms with Gasteiger partial charge in [0, 0.05) is 49.9 Å². The molecule has 3 N–H and O–H groups in total. The first-order valence-corrected chi connectivity index (χ1v) is 8.43. The van der Waals surface area contributed by atoms with Gasteiger partial charge in [0.05, 0.1) is 0 Å². The van der Waals surface area contributed by atoms with Crippen LogP contribution in [-0.4, -0.2) is 47.2 Å². The van der Waals surface area contributed by atoms with Crippen molar-refractivity contribution in [3.63, 3.8) is 0 Å². The van der Waals surface area contributed by atoms with E-state index in [0.29, 0.717) is 12.2 Å². The third kappa shape index (κ3) is 4.01. The van der Waals surface area contributed by atoms with Crippen LogP contribution in [0.25, 0.3) is 0 Å². The minimum absolute atomic E-state index is 0.0510. The number of benzene rings is 1. The Morgan fingerprint density at radius 1 is 1.38 bits per heavy atom. The van der Waals surface area contributed by atoms with Gasteiger partial charge in [-0.25, -0.2) is 0 Å². The molecule has 0 saturated carbocycles. The predicted molar refractivity (Wildman–Crippen MR) is 93.7 cm³/mol. The molecule has 3 rings (SSSR count). The first-order valence-electron chi connectivity index (χ1n) is 8.43. The van der Waals surface area contributed by atoms with Gasteiger partial charge >= 0.3 is 0 Å². The molecule has 1 aromatic heterocycles. The number of nitrogens with zero attached hydrogens (tertiary/aromatic N) is 2. The summed E-state index contributed by atoms with van der Waals surface area (Å²) in [5.74, 6) is -0.100. The number of H-pyrrole nitrogens is 1. The van der Waals surface area contributed by atoms with E-state index in [0.717, 1.165) is 37.3 Å². The van der Waals surface area contributed by atoms with E-state index >= 15 is 0 Å². The molecule has 1 aromatic carbocycles. The van der Waals surface area contributed by atoms with Crippen LogP contribution >= 0.6 is 0 Å². The van der Waals surface area contributed by atoms with Gasteiger partial charge in [0.15, 0.2) is 5.69 Å². The predicted octanol–water partition coefficient (Wildman–Crippen LogP) is 1.31. The number of hydrogen-bond donors (Lipinski definition) is 3. The summed E-state index contributed by atoms with van der Waals surface area (Å²) in [4.78, 5) is 14.7. The topological polar surface area (TPSA) is 73.0 Å². The van der Waals surface area contributed by atoms with E-state index in [1.807, 2.05) is 25.1 Å². The number of likely N-dealkylation sites (N-methyl/N-ethyl adjacent to an activating group) is 1. The van der Waals surface area contributed by atoms with Crippen LogP contribution in [-0.2, 0) is 19.5 Å². The molecule has 0 bridgehead atoms. The van der Waals surface area contributed by atoms with Crippen LogP contribution in [0.3, 0.4) is 0 Å². The Bertz CT molecular complexity index is 682. The number of nitrogens with one attached hydrogen (secondary N) is 3. The molecule has 6 heteroatoms. The highest BCUT2D eigenvalue weighted by atomic mass is 16.2. The van der Waals surface area contributed by atoms with Crippen molar-refractivity contribution in [1.29, 1.82) is 0 Å². The van der Waals surface area contributed by atoms with Crippen LogP contribution in [0.15, 0.2) is 30.3 Å². The van der Waals surface area contributed by atoms with Gasteiger partial charge in [-0.2, -0.15) is 5.10 Å². The van der Waals surface area contributed by atoms with Crippen LogP contribution in [0.4, 0.5) is 0 Å². The first-order chi connectivity index (χ1) is 11.6. The van der Waals surface area contributed by atoms with Crippen molar-refractivity contribution in [3.8, 4) is 0 Å². The number of rotatable bonds is 6. The number of aromatic nitrogens is 2. The fourth-order valence-electron chi connectivity index (χ4n) is 3.18. The van der Waals surface area contributed by atoms with Gasteiger partial charge in [0.2, 0.25) is 0 Å². The number of fused-ring (bicyclic) bond motifs is 1. The molecule has 0 saturated heterocycles. The van der Waals surface area contributed by atoms with Crippen molar-refractivity contribution in [2.75, 3.05) is 20.1 Å². The average Bonchev–Trinajstić information content (AvgIpc) is 2.99. The molecule has 24 heavy (non-hydrogen) atoms. The Labute approximate surface area is 142 Å². The Kier molecular flexibility index (Phi) is 5.27. The van der Waals surface area contributed by atoms with Crippen LogP contribution in [0.5, 0.6) is 0 Å². The standard InChI is InChI=1S/C18H25N5O/c1-13(11-23(2)12-14-6-4-3-5-7-14)20-18(24)17-15-10-19-9-8-16(15)21-22-17/h3-7,13,19H,8-12H2,1-2H3,(H,20,24)(H,21,22). The molecule has 1 atom stereocenters. The second kappa shape index (κ2) is 7.59. The van der Waals surface area contributed by atoms with E-state index in [9.17, 15) is 4.79 Å². The van der Waals surface area contributed by atoms with Gasteiger partial charge in [-0.1, -0.05) is 30.3 Å². The molecule has 0 fully saturated rings. The third-order valence-corrected chi connectivity index (χ3v) is 4.28. The monoisotopic (exact) mass is 327 g/mol. The van der Waals surface area contributed by atoms with Crippen molar-refractivity contribution < 1.29 is 4.79 Å². The van der Waals surface area contributed by atoms with E-state index in [4.69, 9.17) is 0 Å². The van der Waals surface area contributed by atoms with Crippen LogP contribution in [0.2, 0.25) is 0 Å². The largest absolute Gasteiger partial charge is 0.347 e. The summed E-state index contributed by atoms with van der Waals surface area (Å²) < 4.78 is 0. The van der Waals surface area contributed by atoms with Gasteiger partial charge in [0.1, 0.15) is 0 Å². The van der Waals surface area contributed by atoms with E-state index in [1.54, 1.807) is 0 Å². The molecule has 1 aliphatic rings. The smallest absolute Gasteiger partial charge is 0.272 e. The number of aromatic amines is 1. The van der Waals surface area contributed by atoms with Gasteiger partial charge in [-0.3, -0.25) is 9.89 Å². The number of carbonyl (C=O) groups is 1. The van der Waals surface area contributed by atoms with Crippen LogP contribution < -0.4 is 10.6 Å². The van der Waals surface area contributed by atoms with Crippen molar-refractivity contribution in [3.05, 3.63) is 52.8 Å². The molecule has 2 heterocycles. The molecule has 1 amide bonds. The number of carbonyl (C=O) groups excluding carboxylic acids is 1. The van der Waals surface area contributed by atoms with Gasteiger partial charge in [-0.15, -0.1) is 0 Å². The molecule has 2 aromatic rings. The lowest BCUT2D eigenvalue weighted by atomic mass is 10.1. The first kappa shape index (κ1) is 16.7. The molecule has 1 aliphatic heterocycles. The van der Waals surface area contributed by atoms with Crippen LogP contribution in [0.1, 0.15) is 34.2 Å². The molecule has 6 nitrogen and oxygen atoms in total. The maximum absolute atomic E-state index is 12.5. The lowest BCUT2D eigenvalue weighted by Gasteiger charge is -2.22. The van der Waals surface area contributed by atoms with E-state index < -0.39 is 0 Å². The Morgan fingerprint density at radius 3 is 2.96 bits per heavy atom. The lowest BCUT2D eigenvalue weighted by Crippen LogP contribution is -2.41. The molecule has 1 unspecified atom stereocenters. The summed E-state index contributed by atoms with van der Waals surface area (Å²) in [6, 6.07) is 10.4. The zero-order valence-corrected chi connectivity index (χ0v) is 14.3. The highest BCUT2D eigenvalue weighted by Gasteiger charge is 2.22. The Morgan fingerprint density at radius 2 is 2.17 bits per heavy atom. The van der Waals surface area contributed by atoms with Crippen molar-refractivity contribution >= 4 is 5.91 Å². The Hall–Kier alpha value is -2.18. The van der Waals surface area contributed by atoms with Crippen LogP contribution in [0, 0.1) is 0 Å². The zero-order chi connectivity index (χ0) is 16.9. The highest BCUT2D eigenvalue weighted by molar-refractivity contribution is 5.94. The molecule has 0 aliphatic carbocycles. The maximum Gasteiger partial charge on any atom is 0.272 e. The normalized spacial score (nSPS) is 15.1. The third-order valence-electron chi connectivity index (χ3n) is 4.28. The van der Waals surface area contributed by atoms with E-state index in [1.165, 1.54) is 5.56 Å². The second-order valence-corrected chi connectivity index (χ2v) is 6.51.